The largest absolute Gasteiger partial charge is 0.466 e. The zero-order chi connectivity index (χ0) is 11.1. The molecule has 0 aromatic carbocycles. The van der Waals surface area contributed by atoms with E-state index in [1.54, 1.807) is 0 Å². The topological polar surface area (TPSA) is 38.8 Å². The number of epoxide rings is 1. The molecule has 1 saturated heterocycles. The standard InChI is InChI=1S/C12H18O3/c1-8(11(13)14-3)10-6-4-5-7-12(10)9(2)15-12/h9-10H,1,4-7H2,2-3H3/t9-,10+,12-/m0/s1. The number of methoxy groups -OCH3 is 1. The Morgan fingerprint density at radius 1 is 1.53 bits per heavy atom. The number of hydrogen-bond donors (Lipinski definition) is 0. The smallest absolute Gasteiger partial charge is 0.333 e. The van der Waals surface area contributed by atoms with Crippen molar-refractivity contribution in [1.29, 1.82) is 0 Å². The summed E-state index contributed by atoms with van der Waals surface area (Å²) in [6, 6.07) is 0. The van der Waals surface area contributed by atoms with Crippen LogP contribution in [0.1, 0.15) is 32.6 Å². The molecule has 0 radical (unpaired) electrons. The van der Waals surface area contributed by atoms with Crippen LogP contribution in [-0.2, 0) is 14.3 Å². The maximum absolute atomic E-state index is 11.5. The van der Waals surface area contributed by atoms with Crippen molar-refractivity contribution in [3.05, 3.63) is 12.2 Å². The molecule has 0 bridgehead atoms. The lowest BCUT2D eigenvalue weighted by Crippen LogP contribution is -2.34. The Balaban J connectivity index is 2.13. The highest BCUT2D eigenvalue weighted by molar-refractivity contribution is 5.88. The molecular weight excluding hydrogens is 192 g/mol. The number of rotatable bonds is 2. The molecule has 15 heavy (non-hydrogen) atoms. The zero-order valence-corrected chi connectivity index (χ0v) is 9.41. The molecule has 0 unspecified atom stereocenters. The third kappa shape index (κ3) is 1.59. The van der Waals surface area contributed by atoms with Crippen molar-refractivity contribution in [2.75, 3.05) is 7.11 Å². The van der Waals surface area contributed by atoms with Gasteiger partial charge in [-0.25, -0.2) is 4.79 Å². The van der Waals surface area contributed by atoms with E-state index < -0.39 is 0 Å². The van der Waals surface area contributed by atoms with Crippen molar-refractivity contribution in [3.63, 3.8) is 0 Å². The third-order valence-electron chi connectivity index (χ3n) is 3.80. The van der Waals surface area contributed by atoms with Gasteiger partial charge in [0.05, 0.1) is 13.2 Å². The summed E-state index contributed by atoms with van der Waals surface area (Å²) in [4.78, 5) is 11.5. The van der Waals surface area contributed by atoms with E-state index in [0.717, 1.165) is 19.3 Å². The van der Waals surface area contributed by atoms with Crippen LogP contribution in [0.25, 0.3) is 0 Å². The lowest BCUT2D eigenvalue weighted by atomic mass is 9.73. The number of carbonyl (C=O) groups excluding carboxylic acids is 1. The Bertz CT molecular complexity index is 297. The van der Waals surface area contributed by atoms with Gasteiger partial charge in [-0.2, -0.15) is 0 Å². The molecule has 1 spiro atoms. The van der Waals surface area contributed by atoms with Crippen molar-refractivity contribution in [3.8, 4) is 0 Å². The van der Waals surface area contributed by atoms with E-state index in [0.29, 0.717) is 5.57 Å². The lowest BCUT2D eigenvalue weighted by Gasteiger charge is -2.29. The van der Waals surface area contributed by atoms with E-state index in [2.05, 4.69) is 13.5 Å². The quantitative estimate of drug-likeness (QED) is 0.398. The van der Waals surface area contributed by atoms with Crippen molar-refractivity contribution < 1.29 is 14.3 Å². The Labute approximate surface area is 90.4 Å². The van der Waals surface area contributed by atoms with Crippen LogP contribution in [0.4, 0.5) is 0 Å². The fraction of sp³-hybridized carbons (Fsp3) is 0.750. The molecule has 0 aromatic rings. The van der Waals surface area contributed by atoms with Crippen LogP contribution in [0, 0.1) is 5.92 Å². The van der Waals surface area contributed by atoms with Gasteiger partial charge >= 0.3 is 5.97 Å². The molecule has 1 heterocycles. The number of carbonyl (C=O) groups is 1. The van der Waals surface area contributed by atoms with E-state index in [1.807, 2.05) is 0 Å². The zero-order valence-electron chi connectivity index (χ0n) is 9.41. The summed E-state index contributed by atoms with van der Waals surface area (Å²) in [7, 11) is 1.40. The van der Waals surface area contributed by atoms with E-state index in [-0.39, 0.29) is 23.6 Å². The van der Waals surface area contributed by atoms with E-state index >= 15 is 0 Å². The fourth-order valence-electron chi connectivity index (χ4n) is 2.83. The van der Waals surface area contributed by atoms with Gasteiger partial charge in [0.1, 0.15) is 5.60 Å². The fourth-order valence-corrected chi connectivity index (χ4v) is 2.83. The number of hydrogen-bond acceptors (Lipinski definition) is 3. The summed E-state index contributed by atoms with van der Waals surface area (Å²) in [5.41, 5.74) is 0.491. The van der Waals surface area contributed by atoms with Crippen LogP contribution in [0.5, 0.6) is 0 Å². The molecular formula is C12H18O3. The minimum atomic E-state index is -0.288. The maximum Gasteiger partial charge on any atom is 0.333 e. The van der Waals surface area contributed by atoms with Gasteiger partial charge in [-0.3, -0.25) is 0 Å². The van der Waals surface area contributed by atoms with E-state index in [9.17, 15) is 4.79 Å². The summed E-state index contributed by atoms with van der Waals surface area (Å²) in [5, 5.41) is 0. The molecule has 0 N–H and O–H groups in total. The molecule has 3 atom stereocenters. The van der Waals surface area contributed by atoms with Gasteiger partial charge in [-0.05, 0) is 19.8 Å². The molecule has 0 amide bonds. The van der Waals surface area contributed by atoms with E-state index in [4.69, 9.17) is 9.47 Å². The first-order valence-electron chi connectivity index (χ1n) is 5.57. The first-order chi connectivity index (χ1) is 7.12. The van der Waals surface area contributed by atoms with Crippen molar-refractivity contribution in [2.24, 2.45) is 5.92 Å². The molecule has 2 fully saturated rings. The minimum Gasteiger partial charge on any atom is -0.466 e. The molecule has 3 heteroatoms. The number of ether oxygens (including phenoxy) is 2. The lowest BCUT2D eigenvalue weighted by molar-refractivity contribution is -0.137. The van der Waals surface area contributed by atoms with Crippen LogP contribution in [0.3, 0.4) is 0 Å². The van der Waals surface area contributed by atoms with Gasteiger partial charge in [0.15, 0.2) is 0 Å². The predicted molar refractivity (Wildman–Crippen MR) is 56.4 cm³/mol. The third-order valence-corrected chi connectivity index (χ3v) is 3.80. The second-order valence-corrected chi connectivity index (χ2v) is 4.53. The first-order valence-corrected chi connectivity index (χ1v) is 5.57. The van der Waals surface area contributed by atoms with Crippen molar-refractivity contribution in [1.82, 2.24) is 0 Å². The summed E-state index contributed by atoms with van der Waals surface area (Å²) in [6.45, 7) is 5.94. The second kappa shape index (κ2) is 3.63. The highest BCUT2D eigenvalue weighted by atomic mass is 16.6. The number of esters is 1. The van der Waals surface area contributed by atoms with Crippen LogP contribution in [0.15, 0.2) is 12.2 Å². The molecule has 3 nitrogen and oxygen atoms in total. The normalized spacial score (nSPS) is 38.8. The first kappa shape index (κ1) is 10.7. The summed E-state index contributed by atoms with van der Waals surface area (Å²) in [6.07, 6.45) is 4.66. The van der Waals surface area contributed by atoms with Gasteiger partial charge < -0.3 is 9.47 Å². The van der Waals surface area contributed by atoms with Gasteiger partial charge in [0.2, 0.25) is 0 Å². The van der Waals surface area contributed by atoms with Crippen molar-refractivity contribution in [2.45, 2.75) is 44.3 Å². The van der Waals surface area contributed by atoms with Gasteiger partial charge in [0.25, 0.3) is 0 Å². The van der Waals surface area contributed by atoms with Crippen LogP contribution in [-0.4, -0.2) is 24.8 Å². The molecule has 2 rings (SSSR count). The van der Waals surface area contributed by atoms with Gasteiger partial charge in [0, 0.05) is 11.5 Å². The van der Waals surface area contributed by atoms with E-state index in [1.165, 1.54) is 13.5 Å². The summed E-state index contributed by atoms with van der Waals surface area (Å²) < 4.78 is 10.4. The second-order valence-electron chi connectivity index (χ2n) is 4.53. The molecule has 0 aromatic heterocycles. The molecule has 84 valence electrons. The summed E-state index contributed by atoms with van der Waals surface area (Å²) in [5.74, 6) is -0.127. The Hall–Kier alpha value is -0.830. The predicted octanol–water partition coefficient (Wildman–Crippen LogP) is 2.06. The Morgan fingerprint density at radius 2 is 2.20 bits per heavy atom. The van der Waals surface area contributed by atoms with Gasteiger partial charge in [-0.15, -0.1) is 0 Å². The van der Waals surface area contributed by atoms with Crippen molar-refractivity contribution >= 4 is 5.97 Å². The van der Waals surface area contributed by atoms with Crippen LogP contribution in [0.2, 0.25) is 0 Å². The SMILES string of the molecule is C=C(C(=O)OC)[C@H]1CCCC[C@@]12O[C@H]2C. The monoisotopic (exact) mass is 210 g/mol. The average molecular weight is 210 g/mol. The summed E-state index contributed by atoms with van der Waals surface area (Å²) >= 11 is 0. The minimum absolute atomic E-state index is 0.0937. The Kier molecular flexibility index (Phi) is 2.59. The van der Waals surface area contributed by atoms with Gasteiger partial charge in [-0.1, -0.05) is 19.4 Å². The van der Waals surface area contributed by atoms with Crippen LogP contribution < -0.4 is 0 Å². The van der Waals surface area contributed by atoms with Crippen LogP contribution >= 0.6 is 0 Å². The average Bonchev–Trinajstić information content (AvgIpc) is 2.88. The molecule has 1 saturated carbocycles. The molecule has 2 aliphatic rings. The Morgan fingerprint density at radius 3 is 2.73 bits per heavy atom. The maximum atomic E-state index is 11.5. The highest BCUT2D eigenvalue weighted by Crippen LogP contribution is 2.53. The highest BCUT2D eigenvalue weighted by Gasteiger charge is 2.60. The molecule has 1 aliphatic heterocycles. The molecule has 1 aliphatic carbocycles.